The largest absolute Gasteiger partial charge is 0.454 e. The van der Waals surface area contributed by atoms with Gasteiger partial charge in [0.25, 0.3) is 0 Å². The van der Waals surface area contributed by atoms with Gasteiger partial charge in [-0.05, 0) is 25.0 Å². The average molecular weight is 380 g/mol. The number of carbonyl (C=O) groups is 1. The van der Waals surface area contributed by atoms with Gasteiger partial charge in [-0.1, -0.05) is 36.9 Å². The van der Waals surface area contributed by atoms with Gasteiger partial charge in [-0.3, -0.25) is 4.79 Å². The molecule has 0 radical (unpaired) electrons. The number of nitrogens with zero attached hydrogens (tertiary/aromatic N) is 2. The van der Waals surface area contributed by atoms with Crippen molar-refractivity contribution in [1.82, 2.24) is 10.2 Å². The van der Waals surface area contributed by atoms with Crippen LogP contribution in [0.1, 0.15) is 20.8 Å². The van der Waals surface area contributed by atoms with Crippen LogP contribution in [0.2, 0.25) is 0 Å². The lowest BCUT2D eigenvalue weighted by molar-refractivity contribution is -0.115. The van der Waals surface area contributed by atoms with Crippen LogP contribution in [0.25, 0.3) is 0 Å². The SMILES string of the molecule is CC(C)CNc1nnc(S[C@H](C)C(=O)Nc2ccc3c(c2)OCO3)s1. The second-order valence-corrected chi connectivity index (χ2v) is 8.53. The molecular formula is C16H20N4O3S2. The predicted octanol–water partition coefficient (Wildman–Crippen LogP) is 3.45. The first kappa shape index (κ1) is 17.8. The average Bonchev–Trinajstić information content (AvgIpc) is 3.21. The standard InChI is InChI=1S/C16H20N4O3S2/c1-9(2)7-17-15-19-20-16(25-15)24-10(3)14(21)18-11-4-5-12-13(6-11)23-8-22-12/h4-6,9-10H,7-8H2,1-3H3,(H,17,19)(H,18,21)/t10-/m1/s1. The molecule has 2 N–H and O–H groups in total. The maximum atomic E-state index is 12.4. The van der Waals surface area contributed by atoms with E-state index in [0.717, 1.165) is 16.0 Å². The number of carbonyl (C=O) groups excluding carboxylic acids is 1. The van der Waals surface area contributed by atoms with Crippen LogP contribution in [0.4, 0.5) is 10.8 Å². The molecule has 0 unspecified atom stereocenters. The maximum absolute atomic E-state index is 12.4. The van der Waals surface area contributed by atoms with Crippen molar-refractivity contribution in [3.05, 3.63) is 18.2 Å². The van der Waals surface area contributed by atoms with E-state index >= 15 is 0 Å². The molecule has 3 rings (SSSR count). The van der Waals surface area contributed by atoms with E-state index < -0.39 is 0 Å². The summed E-state index contributed by atoms with van der Waals surface area (Å²) in [7, 11) is 0. The molecule has 0 bridgehead atoms. The fraction of sp³-hybridized carbons (Fsp3) is 0.438. The Balaban J connectivity index is 1.54. The fourth-order valence-electron chi connectivity index (χ4n) is 2.04. The van der Waals surface area contributed by atoms with Gasteiger partial charge < -0.3 is 20.1 Å². The van der Waals surface area contributed by atoms with Gasteiger partial charge in [0.05, 0.1) is 5.25 Å². The number of aromatic nitrogens is 2. The predicted molar refractivity (Wildman–Crippen MR) is 99.8 cm³/mol. The Morgan fingerprint density at radius 1 is 1.28 bits per heavy atom. The lowest BCUT2D eigenvalue weighted by Crippen LogP contribution is -2.22. The third kappa shape index (κ3) is 4.76. The van der Waals surface area contributed by atoms with E-state index in [1.54, 1.807) is 18.2 Å². The molecule has 2 aromatic rings. The molecule has 1 aromatic carbocycles. The topological polar surface area (TPSA) is 85.4 Å². The van der Waals surface area contributed by atoms with Gasteiger partial charge in [-0.25, -0.2) is 0 Å². The number of hydrogen-bond donors (Lipinski definition) is 2. The molecule has 1 amide bonds. The Morgan fingerprint density at radius 3 is 2.88 bits per heavy atom. The Kier molecular flexibility index (Phi) is 5.64. The molecule has 0 aliphatic carbocycles. The van der Waals surface area contributed by atoms with Gasteiger partial charge in [0.15, 0.2) is 15.8 Å². The molecule has 0 spiro atoms. The quantitative estimate of drug-likeness (QED) is 0.712. The van der Waals surface area contributed by atoms with E-state index in [2.05, 4.69) is 34.7 Å². The number of nitrogens with one attached hydrogen (secondary N) is 2. The molecule has 1 aliphatic heterocycles. The summed E-state index contributed by atoms with van der Waals surface area (Å²) in [5, 5.41) is 14.8. The molecule has 0 saturated heterocycles. The van der Waals surface area contributed by atoms with Gasteiger partial charge in [0, 0.05) is 18.3 Å². The molecule has 1 aliphatic rings. The van der Waals surface area contributed by atoms with Crippen molar-refractivity contribution in [2.24, 2.45) is 5.92 Å². The summed E-state index contributed by atoms with van der Waals surface area (Å²) >= 11 is 2.84. The molecule has 134 valence electrons. The molecule has 2 heterocycles. The molecule has 0 saturated carbocycles. The third-order valence-electron chi connectivity index (χ3n) is 3.35. The number of hydrogen-bond acceptors (Lipinski definition) is 8. The maximum Gasteiger partial charge on any atom is 0.237 e. The minimum absolute atomic E-state index is 0.101. The van der Waals surface area contributed by atoms with Crippen molar-refractivity contribution in [1.29, 1.82) is 0 Å². The van der Waals surface area contributed by atoms with Crippen molar-refractivity contribution >= 4 is 39.8 Å². The minimum Gasteiger partial charge on any atom is -0.454 e. The van der Waals surface area contributed by atoms with E-state index in [1.165, 1.54) is 23.1 Å². The summed E-state index contributed by atoms with van der Waals surface area (Å²) in [5.41, 5.74) is 0.679. The van der Waals surface area contributed by atoms with Crippen LogP contribution < -0.4 is 20.1 Å². The monoisotopic (exact) mass is 380 g/mol. The van der Waals surface area contributed by atoms with Crippen LogP contribution in [0.3, 0.4) is 0 Å². The van der Waals surface area contributed by atoms with Crippen LogP contribution in [-0.4, -0.2) is 34.7 Å². The summed E-state index contributed by atoms with van der Waals surface area (Å²) in [6.45, 7) is 7.16. The van der Waals surface area contributed by atoms with E-state index in [-0.39, 0.29) is 18.0 Å². The number of anilines is 2. The molecule has 9 heteroatoms. The zero-order valence-corrected chi connectivity index (χ0v) is 15.9. The summed E-state index contributed by atoms with van der Waals surface area (Å²) < 4.78 is 11.3. The van der Waals surface area contributed by atoms with E-state index in [0.29, 0.717) is 23.1 Å². The van der Waals surface area contributed by atoms with Gasteiger partial charge >= 0.3 is 0 Å². The fourth-order valence-corrected chi connectivity index (χ4v) is 3.95. The summed E-state index contributed by atoms with van der Waals surface area (Å²) in [5.74, 6) is 1.76. The minimum atomic E-state index is -0.295. The number of amides is 1. The second kappa shape index (κ2) is 7.92. The van der Waals surface area contributed by atoms with Crippen molar-refractivity contribution < 1.29 is 14.3 Å². The van der Waals surface area contributed by atoms with Crippen LogP contribution >= 0.6 is 23.1 Å². The summed E-state index contributed by atoms with van der Waals surface area (Å²) in [4.78, 5) is 12.4. The van der Waals surface area contributed by atoms with Crippen LogP contribution in [0, 0.1) is 5.92 Å². The lowest BCUT2D eigenvalue weighted by Gasteiger charge is -2.10. The highest BCUT2D eigenvalue weighted by Gasteiger charge is 2.19. The third-order valence-corrected chi connectivity index (χ3v) is 5.42. The lowest BCUT2D eigenvalue weighted by atomic mass is 10.2. The Morgan fingerprint density at radius 2 is 2.08 bits per heavy atom. The molecule has 7 nitrogen and oxygen atoms in total. The molecule has 0 fully saturated rings. The zero-order valence-electron chi connectivity index (χ0n) is 14.2. The first-order valence-corrected chi connectivity index (χ1v) is 9.65. The molecule has 1 atom stereocenters. The zero-order chi connectivity index (χ0) is 17.8. The van der Waals surface area contributed by atoms with E-state index in [1.807, 2.05) is 6.92 Å². The van der Waals surface area contributed by atoms with Gasteiger partial charge in [0.1, 0.15) is 0 Å². The first-order chi connectivity index (χ1) is 12.0. The van der Waals surface area contributed by atoms with Gasteiger partial charge in [0.2, 0.25) is 17.8 Å². The molecule has 25 heavy (non-hydrogen) atoms. The van der Waals surface area contributed by atoms with E-state index in [4.69, 9.17) is 9.47 Å². The number of thioether (sulfide) groups is 1. The van der Waals surface area contributed by atoms with Crippen molar-refractivity contribution in [2.75, 3.05) is 24.0 Å². The van der Waals surface area contributed by atoms with Crippen LogP contribution in [-0.2, 0) is 4.79 Å². The van der Waals surface area contributed by atoms with Crippen LogP contribution in [0.15, 0.2) is 22.5 Å². The molecule has 1 aromatic heterocycles. The Labute approximate surface area is 154 Å². The number of fused-ring (bicyclic) bond motifs is 1. The normalized spacial score (nSPS) is 13.8. The highest BCUT2D eigenvalue weighted by molar-refractivity contribution is 8.02. The van der Waals surface area contributed by atoms with Crippen molar-refractivity contribution in [3.63, 3.8) is 0 Å². The smallest absolute Gasteiger partial charge is 0.237 e. The van der Waals surface area contributed by atoms with Crippen molar-refractivity contribution in [3.8, 4) is 11.5 Å². The number of ether oxygens (including phenoxy) is 2. The summed E-state index contributed by atoms with van der Waals surface area (Å²) in [6.07, 6.45) is 0. The Bertz CT molecular complexity index is 751. The number of rotatable bonds is 7. The van der Waals surface area contributed by atoms with Crippen molar-refractivity contribution in [2.45, 2.75) is 30.4 Å². The highest BCUT2D eigenvalue weighted by atomic mass is 32.2. The van der Waals surface area contributed by atoms with Crippen LogP contribution in [0.5, 0.6) is 11.5 Å². The summed E-state index contributed by atoms with van der Waals surface area (Å²) in [6, 6.07) is 5.34. The second-order valence-electron chi connectivity index (χ2n) is 5.97. The molecular weight excluding hydrogens is 360 g/mol. The van der Waals surface area contributed by atoms with Gasteiger partial charge in [-0.2, -0.15) is 0 Å². The Hall–Kier alpha value is -2.00. The van der Waals surface area contributed by atoms with Gasteiger partial charge in [-0.15, -0.1) is 10.2 Å². The van der Waals surface area contributed by atoms with E-state index in [9.17, 15) is 4.79 Å². The highest BCUT2D eigenvalue weighted by Crippen LogP contribution is 2.35. The number of benzene rings is 1. The first-order valence-electron chi connectivity index (χ1n) is 7.96.